The number of hydrogen-bond donors (Lipinski definition) is 1. The third-order valence-electron chi connectivity index (χ3n) is 4.66. The predicted octanol–water partition coefficient (Wildman–Crippen LogP) is 4.86. The normalized spacial score (nSPS) is 19.5. The number of nitrogens with zero attached hydrogens (tertiary/aromatic N) is 1. The zero-order valence-corrected chi connectivity index (χ0v) is 14.9. The number of unbranched alkanes of at least 4 members (excludes halogenated alkanes) is 2. The van der Waals surface area contributed by atoms with Crippen LogP contribution >= 0.6 is 0 Å². The predicted molar refractivity (Wildman–Crippen MR) is 89.7 cm³/mol. The van der Waals surface area contributed by atoms with E-state index < -0.39 is 0 Å². The number of nitrogens with one attached hydrogen (secondary N) is 1. The van der Waals surface area contributed by atoms with Gasteiger partial charge >= 0.3 is 0 Å². The fourth-order valence-corrected chi connectivity index (χ4v) is 3.10. The lowest BCUT2D eigenvalue weighted by molar-refractivity contribution is 0.0766. The molecule has 0 aromatic heterocycles. The van der Waals surface area contributed by atoms with Gasteiger partial charge in [0.2, 0.25) is 0 Å². The highest BCUT2D eigenvalue weighted by atomic mass is 15.5. The quantitative estimate of drug-likeness (QED) is 0.700. The van der Waals surface area contributed by atoms with Gasteiger partial charge in [0, 0.05) is 19.6 Å². The Morgan fingerprint density at radius 3 is 2.00 bits per heavy atom. The SMILES string of the molecule is CC(C)(C)CCCCCNN1CCC(C(C)(C)C)CC1. The van der Waals surface area contributed by atoms with E-state index in [2.05, 4.69) is 52.0 Å². The molecular formula is C18H38N2. The van der Waals surface area contributed by atoms with Gasteiger partial charge in [0.15, 0.2) is 0 Å². The Morgan fingerprint density at radius 1 is 0.900 bits per heavy atom. The summed E-state index contributed by atoms with van der Waals surface area (Å²) in [6.07, 6.45) is 8.10. The maximum absolute atomic E-state index is 3.62. The van der Waals surface area contributed by atoms with Gasteiger partial charge in [-0.3, -0.25) is 5.43 Å². The van der Waals surface area contributed by atoms with Crippen molar-refractivity contribution in [1.29, 1.82) is 0 Å². The van der Waals surface area contributed by atoms with E-state index >= 15 is 0 Å². The number of piperidine rings is 1. The van der Waals surface area contributed by atoms with Crippen molar-refractivity contribution in [3.8, 4) is 0 Å². The first-order valence-electron chi connectivity index (χ1n) is 8.67. The van der Waals surface area contributed by atoms with Gasteiger partial charge in [-0.25, -0.2) is 5.01 Å². The van der Waals surface area contributed by atoms with Crippen LogP contribution in [0.15, 0.2) is 0 Å². The Kier molecular flexibility index (Phi) is 7.00. The van der Waals surface area contributed by atoms with Crippen LogP contribution in [-0.2, 0) is 0 Å². The van der Waals surface area contributed by atoms with Crippen LogP contribution in [0.5, 0.6) is 0 Å². The Hall–Kier alpha value is -0.0800. The van der Waals surface area contributed by atoms with Crippen molar-refractivity contribution in [1.82, 2.24) is 10.4 Å². The molecule has 1 aliphatic heterocycles. The molecule has 2 heteroatoms. The molecule has 0 saturated carbocycles. The molecule has 1 N–H and O–H groups in total. The third kappa shape index (κ3) is 7.64. The monoisotopic (exact) mass is 282 g/mol. The average molecular weight is 283 g/mol. The fourth-order valence-electron chi connectivity index (χ4n) is 3.10. The van der Waals surface area contributed by atoms with Crippen molar-refractivity contribution in [3.05, 3.63) is 0 Å². The van der Waals surface area contributed by atoms with Crippen LogP contribution in [0.25, 0.3) is 0 Å². The summed E-state index contributed by atoms with van der Waals surface area (Å²) < 4.78 is 0. The van der Waals surface area contributed by atoms with Crippen LogP contribution in [0.1, 0.15) is 80.1 Å². The highest BCUT2D eigenvalue weighted by molar-refractivity contribution is 4.79. The smallest absolute Gasteiger partial charge is 0.0133 e. The minimum absolute atomic E-state index is 0.485. The Morgan fingerprint density at radius 2 is 1.50 bits per heavy atom. The number of hydrazine groups is 1. The minimum atomic E-state index is 0.485. The first kappa shape index (κ1) is 18.0. The third-order valence-corrected chi connectivity index (χ3v) is 4.66. The molecule has 1 fully saturated rings. The lowest BCUT2D eigenvalue weighted by Crippen LogP contribution is -2.45. The molecule has 0 amide bonds. The van der Waals surface area contributed by atoms with Gasteiger partial charge in [0.1, 0.15) is 0 Å². The zero-order chi connectivity index (χ0) is 15.2. The fraction of sp³-hybridized carbons (Fsp3) is 1.00. The van der Waals surface area contributed by atoms with Crippen LogP contribution in [0, 0.1) is 16.7 Å². The molecule has 0 aliphatic carbocycles. The number of hydrogen-bond acceptors (Lipinski definition) is 2. The molecule has 0 radical (unpaired) electrons. The minimum Gasteiger partial charge on any atom is -0.255 e. The van der Waals surface area contributed by atoms with Crippen LogP contribution in [0.2, 0.25) is 0 Å². The second-order valence-corrected chi connectivity index (χ2v) is 8.91. The van der Waals surface area contributed by atoms with Gasteiger partial charge in [-0.05, 0) is 42.4 Å². The van der Waals surface area contributed by atoms with E-state index in [0.29, 0.717) is 10.8 Å². The highest BCUT2D eigenvalue weighted by Crippen LogP contribution is 2.33. The molecule has 120 valence electrons. The second-order valence-electron chi connectivity index (χ2n) is 8.91. The summed E-state index contributed by atoms with van der Waals surface area (Å²) in [5.41, 5.74) is 4.61. The first-order valence-corrected chi connectivity index (χ1v) is 8.67. The van der Waals surface area contributed by atoms with Crippen molar-refractivity contribution in [2.75, 3.05) is 19.6 Å². The Balaban J connectivity index is 2.02. The summed E-state index contributed by atoms with van der Waals surface area (Å²) in [5.74, 6) is 0.896. The first-order chi connectivity index (χ1) is 9.18. The van der Waals surface area contributed by atoms with E-state index in [1.807, 2.05) is 0 Å². The van der Waals surface area contributed by atoms with Crippen LogP contribution < -0.4 is 5.43 Å². The van der Waals surface area contributed by atoms with Gasteiger partial charge in [-0.1, -0.05) is 54.4 Å². The average Bonchev–Trinajstić information content (AvgIpc) is 2.32. The highest BCUT2D eigenvalue weighted by Gasteiger charge is 2.28. The lowest BCUT2D eigenvalue weighted by Gasteiger charge is -2.38. The van der Waals surface area contributed by atoms with Gasteiger partial charge in [0.05, 0.1) is 0 Å². The molecular weight excluding hydrogens is 244 g/mol. The maximum atomic E-state index is 3.62. The van der Waals surface area contributed by atoms with E-state index in [4.69, 9.17) is 0 Å². The van der Waals surface area contributed by atoms with Crippen LogP contribution in [-0.4, -0.2) is 24.6 Å². The molecule has 0 bridgehead atoms. The van der Waals surface area contributed by atoms with E-state index in [9.17, 15) is 0 Å². The Bertz CT molecular complexity index is 252. The topological polar surface area (TPSA) is 15.3 Å². The summed E-state index contributed by atoms with van der Waals surface area (Å²) in [6.45, 7) is 17.8. The summed E-state index contributed by atoms with van der Waals surface area (Å²) in [7, 11) is 0. The van der Waals surface area contributed by atoms with Crippen molar-refractivity contribution >= 4 is 0 Å². The van der Waals surface area contributed by atoms with E-state index in [0.717, 1.165) is 12.5 Å². The Labute approximate surface area is 127 Å². The molecule has 0 atom stereocenters. The van der Waals surface area contributed by atoms with Gasteiger partial charge in [-0.2, -0.15) is 0 Å². The van der Waals surface area contributed by atoms with Gasteiger partial charge < -0.3 is 0 Å². The van der Waals surface area contributed by atoms with Crippen LogP contribution in [0.4, 0.5) is 0 Å². The number of rotatable bonds is 6. The standard InChI is InChI=1S/C18H38N2/c1-17(2,3)12-8-7-9-13-19-20-14-10-16(11-15-20)18(4,5)6/h16,19H,7-15H2,1-6H3. The lowest BCUT2D eigenvalue weighted by atomic mass is 9.75. The molecule has 1 rings (SSSR count). The largest absolute Gasteiger partial charge is 0.255 e. The summed E-state index contributed by atoms with van der Waals surface area (Å²) in [6, 6.07) is 0. The van der Waals surface area contributed by atoms with Gasteiger partial charge in [0.25, 0.3) is 0 Å². The van der Waals surface area contributed by atoms with Crippen molar-refractivity contribution in [2.24, 2.45) is 16.7 Å². The molecule has 1 saturated heterocycles. The van der Waals surface area contributed by atoms with Gasteiger partial charge in [-0.15, -0.1) is 0 Å². The molecule has 0 spiro atoms. The molecule has 0 unspecified atom stereocenters. The molecule has 20 heavy (non-hydrogen) atoms. The van der Waals surface area contributed by atoms with Crippen molar-refractivity contribution in [3.63, 3.8) is 0 Å². The van der Waals surface area contributed by atoms with Crippen LogP contribution in [0.3, 0.4) is 0 Å². The molecule has 0 aromatic carbocycles. The van der Waals surface area contributed by atoms with Crippen molar-refractivity contribution < 1.29 is 0 Å². The van der Waals surface area contributed by atoms with E-state index in [1.54, 1.807) is 0 Å². The molecule has 1 aliphatic rings. The molecule has 1 heterocycles. The zero-order valence-electron chi connectivity index (χ0n) is 14.9. The summed E-state index contributed by atoms with van der Waals surface area (Å²) in [5, 5.41) is 2.45. The maximum Gasteiger partial charge on any atom is 0.0133 e. The second kappa shape index (κ2) is 7.79. The van der Waals surface area contributed by atoms with Crippen molar-refractivity contribution in [2.45, 2.75) is 80.1 Å². The molecule has 0 aromatic rings. The summed E-state index contributed by atoms with van der Waals surface area (Å²) >= 11 is 0. The molecule has 2 nitrogen and oxygen atoms in total. The van der Waals surface area contributed by atoms with E-state index in [1.165, 1.54) is 51.6 Å². The summed E-state index contributed by atoms with van der Waals surface area (Å²) in [4.78, 5) is 0. The van der Waals surface area contributed by atoms with E-state index in [-0.39, 0.29) is 0 Å².